The van der Waals surface area contributed by atoms with Gasteiger partial charge in [0.15, 0.2) is 6.61 Å². The second-order valence-electron chi connectivity index (χ2n) is 5.39. The minimum absolute atomic E-state index is 0.125. The fraction of sp³-hybridized carbons (Fsp3) is 0.0526. The minimum atomic E-state index is -0.309. The third kappa shape index (κ3) is 3.42. The molecular formula is C19H14FN3O2. The Balaban J connectivity index is 1.44. The lowest BCUT2D eigenvalue weighted by Gasteiger charge is -2.03. The number of rotatable bonds is 5. The molecule has 0 bridgehead atoms. The normalized spacial score (nSPS) is 10.8. The van der Waals surface area contributed by atoms with Crippen LogP contribution in [0, 0.1) is 5.82 Å². The van der Waals surface area contributed by atoms with Crippen molar-refractivity contribution < 1.29 is 13.7 Å². The fourth-order valence-electron chi connectivity index (χ4n) is 2.40. The first kappa shape index (κ1) is 15.1. The van der Waals surface area contributed by atoms with Crippen molar-refractivity contribution in [3.05, 3.63) is 84.8 Å². The van der Waals surface area contributed by atoms with E-state index in [-0.39, 0.29) is 12.4 Å². The van der Waals surface area contributed by atoms with Crippen molar-refractivity contribution in [3.63, 3.8) is 0 Å². The topological polar surface area (TPSA) is 53.1 Å². The molecule has 0 fully saturated rings. The number of halogens is 1. The van der Waals surface area contributed by atoms with Gasteiger partial charge in [0.25, 0.3) is 5.89 Å². The van der Waals surface area contributed by atoms with Gasteiger partial charge in [-0.25, -0.2) is 4.39 Å². The Morgan fingerprint density at radius 2 is 1.68 bits per heavy atom. The molecule has 0 N–H and O–H groups in total. The highest BCUT2D eigenvalue weighted by molar-refractivity contribution is 5.56. The minimum Gasteiger partial charge on any atom is -0.484 e. The first-order valence-electron chi connectivity index (χ1n) is 7.73. The van der Waals surface area contributed by atoms with Crippen LogP contribution in [-0.2, 0) is 6.61 Å². The molecule has 2 heterocycles. The maximum atomic E-state index is 12.9. The van der Waals surface area contributed by atoms with E-state index in [0.29, 0.717) is 17.5 Å². The first-order chi connectivity index (χ1) is 12.3. The first-order valence-corrected chi connectivity index (χ1v) is 7.73. The Hall–Kier alpha value is -3.41. The molecule has 0 saturated heterocycles. The predicted molar refractivity (Wildman–Crippen MR) is 89.8 cm³/mol. The van der Waals surface area contributed by atoms with E-state index in [9.17, 15) is 4.39 Å². The van der Waals surface area contributed by atoms with Crippen LogP contribution in [0.1, 0.15) is 5.89 Å². The molecule has 6 heteroatoms. The SMILES string of the molecule is Fc1ccc(OCc2nc(-c3ccc(-n4cccc4)cc3)no2)cc1. The van der Waals surface area contributed by atoms with Gasteiger partial charge in [0, 0.05) is 23.6 Å². The zero-order chi connectivity index (χ0) is 17.1. The Morgan fingerprint density at radius 1 is 0.960 bits per heavy atom. The number of nitrogens with zero attached hydrogens (tertiary/aromatic N) is 3. The molecule has 0 spiro atoms. The number of aromatic nitrogens is 3. The van der Waals surface area contributed by atoms with Crippen LogP contribution in [0.15, 0.2) is 77.6 Å². The van der Waals surface area contributed by atoms with Crippen molar-refractivity contribution in [2.24, 2.45) is 0 Å². The van der Waals surface area contributed by atoms with E-state index in [1.165, 1.54) is 12.1 Å². The van der Waals surface area contributed by atoms with E-state index < -0.39 is 0 Å². The number of hydrogen-bond donors (Lipinski definition) is 0. The van der Waals surface area contributed by atoms with Gasteiger partial charge in [0.1, 0.15) is 11.6 Å². The van der Waals surface area contributed by atoms with Gasteiger partial charge < -0.3 is 13.8 Å². The molecule has 0 unspecified atom stereocenters. The quantitative estimate of drug-likeness (QED) is 0.547. The molecule has 0 saturated carbocycles. The molecule has 25 heavy (non-hydrogen) atoms. The summed E-state index contributed by atoms with van der Waals surface area (Å²) in [5.41, 5.74) is 1.91. The average Bonchev–Trinajstić information content (AvgIpc) is 3.34. The second-order valence-corrected chi connectivity index (χ2v) is 5.39. The maximum Gasteiger partial charge on any atom is 0.264 e. The van der Waals surface area contributed by atoms with Crippen LogP contribution in [0.3, 0.4) is 0 Å². The molecule has 4 rings (SSSR count). The summed E-state index contributed by atoms with van der Waals surface area (Å²) in [7, 11) is 0. The van der Waals surface area contributed by atoms with Crippen molar-refractivity contribution >= 4 is 0 Å². The largest absolute Gasteiger partial charge is 0.484 e. The van der Waals surface area contributed by atoms with Crippen LogP contribution >= 0.6 is 0 Å². The molecular weight excluding hydrogens is 321 g/mol. The molecule has 0 aliphatic heterocycles. The summed E-state index contributed by atoms with van der Waals surface area (Å²) >= 11 is 0. The Labute approximate surface area is 143 Å². The smallest absolute Gasteiger partial charge is 0.264 e. The summed E-state index contributed by atoms with van der Waals surface area (Å²) in [6.07, 6.45) is 3.96. The molecule has 4 aromatic rings. The van der Waals surface area contributed by atoms with Gasteiger partial charge in [-0.3, -0.25) is 0 Å². The Kier molecular flexibility index (Phi) is 4.00. The standard InChI is InChI=1S/C19H14FN3O2/c20-15-5-9-17(10-6-15)24-13-18-21-19(22-25-18)14-3-7-16(8-4-14)23-11-1-2-12-23/h1-12H,13H2. The fourth-order valence-corrected chi connectivity index (χ4v) is 2.40. The van der Waals surface area contributed by atoms with Crippen LogP contribution in [0.5, 0.6) is 5.75 Å². The van der Waals surface area contributed by atoms with E-state index in [1.807, 2.05) is 53.4 Å². The highest BCUT2D eigenvalue weighted by atomic mass is 19.1. The van der Waals surface area contributed by atoms with Gasteiger partial charge in [0.2, 0.25) is 5.82 Å². The van der Waals surface area contributed by atoms with Crippen molar-refractivity contribution in [2.45, 2.75) is 6.61 Å². The molecule has 124 valence electrons. The predicted octanol–water partition coefficient (Wildman–Crippen LogP) is 4.25. The summed E-state index contributed by atoms with van der Waals surface area (Å²) in [6.45, 7) is 0.125. The molecule has 0 aliphatic carbocycles. The number of benzene rings is 2. The number of hydrogen-bond acceptors (Lipinski definition) is 4. The van der Waals surface area contributed by atoms with Gasteiger partial charge in [-0.2, -0.15) is 4.98 Å². The molecule has 0 radical (unpaired) electrons. The summed E-state index contributed by atoms with van der Waals surface area (Å²) in [5, 5.41) is 3.97. The van der Waals surface area contributed by atoms with Gasteiger partial charge >= 0.3 is 0 Å². The van der Waals surface area contributed by atoms with Gasteiger partial charge in [-0.1, -0.05) is 5.16 Å². The van der Waals surface area contributed by atoms with Crippen LogP contribution in [-0.4, -0.2) is 14.7 Å². The highest BCUT2D eigenvalue weighted by Crippen LogP contribution is 2.19. The van der Waals surface area contributed by atoms with Gasteiger partial charge in [0.05, 0.1) is 0 Å². The lowest BCUT2D eigenvalue weighted by Crippen LogP contribution is -1.95. The summed E-state index contributed by atoms with van der Waals surface area (Å²) in [6, 6.07) is 17.6. The van der Waals surface area contributed by atoms with Crippen molar-refractivity contribution in [3.8, 4) is 22.8 Å². The lowest BCUT2D eigenvalue weighted by molar-refractivity contribution is 0.242. The third-order valence-corrected chi connectivity index (χ3v) is 3.67. The Morgan fingerprint density at radius 3 is 2.40 bits per heavy atom. The van der Waals surface area contributed by atoms with Crippen LogP contribution in [0.4, 0.5) is 4.39 Å². The maximum absolute atomic E-state index is 12.9. The van der Waals surface area contributed by atoms with E-state index in [4.69, 9.17) is 9.26 Å². The lowest BCUT2D eigenvalue weighted by atomic mass is 10.2. The van der Waals surface area contributed by atoms with E-state index >= 15 is 0 Å². The number of ether oxygens (including phenoxy) is 1. The Bertz CT molecular complexity index is 945. The second kappa shape index (κ2) is 6.60. The molecule has 2 aromatic heterocycles. The molecule has 5 nitrogen and oxygen atoms in total. The molecule has 2 aromatic carbocycles. The van der Waals surface area contributed by atoms with Gasteiger partial charge in [-0.05, 0) is 60.7 Å². The highest BCUT2D eigenvalue weighted by Gasteiger charge is 2.09. The van der Waals surface area contributed by atoms with E-state index in [1.54, 1.807) is 12.1 Å². The van der Waals surface area contributed by atoms with Crippen molar-refractivity contribution in [1.82, 2.24) is 14.7 Å². The summed E-state index contributed by atoms with van der Waals surface area (Å²) < 4.78 is 25.6. The summed E-state index contributed by atoms with van der Waals surface area (Å²) in [5.74, 6) is 1.08. The molecule has 0 amide bonds. The van der Waals surface area contributed by atoms with Crippen LogP contribution < -0.4 is 4.74 Å². The van der Waals surface area contributed by atoms with Crippen LogP contribution in [0.2, 0.25) is 0 Å². The monoisotopic (exact) mass is 335 g/mol. The zero-order valence-electron chi connectivity index (χ0n) is 13.2. The molecule has 0 atom stereocenters. The van der Waals surface area contributed by atoms with Crippen molar-refractivity contribution in [1.29, 1.82) is 0 Å². The van der Waals surface area contributed by atoms with Crippen LogP contribution in [0.25, 0.3) is 17.1 Å². The van der Waals surface area contributed by atoms with Crippen molar-refractivity contribution in [2.75, 3.05) is 0 Å². The van der Waals surface area contributed by atoms with E-state index in [0.717, 1.165) is 11.3 Å². The van der Waals surface area contributed by atoms with E-state index in [2.05, 4.69) is 10.1 Å². The third-order valence-electron chi connectivity index (χ3n) is 3.67. The van der Waals surface area contributed by atoms with Gasteiger partial charge in [-0.15, -0.1) is 0 Å². The average molecular weight is 335 g/mol. The molecule has 0 aliphatic rings. The zero-order valence-corrected chi connectivity index (χ0v) is 13.2. The summed E-state index contributed by atoms with van der Waals surface area (Å²) in [4.78, 5) is 4.32.